The number of carbonyl (C=O) groups excluding carboxylic acids is 3. The summed E-state index contributed by atoms with van der Waals surface area (Å²) in [7, 11) is 0. The standard InChI is InChI=1S/C40H73N7O4/c1-26(2)11-10-12-27(3)30-17-18-31-29-16-15-28-25-40(51,22-21-38(28,4)32(29)19-20-39(30,31)5)37(50)47(45-33(35(43)48)13-6-8-23-41)46-34(36(44)49)14-7-9-24-42/h15,26-27,29-34,45-46,51H,6-14,16-25,41-42H2,1-5H3,(H2,43,48)(H2,44,49)/t27-,29+,30-,31+,32+,33+,34+,38+,39-,40-/m1/s1. The van der Waals surface area contributed by atoms with E-state index in [-0.39, 0.29) is 18.3 Å². The third-order valence-corrected chi connectivity index (χ3v) is 14.1. The normalized spacial score (nSPS) is 33.4. The Morgan fingerprint density at radius 3 is 1.98 bits per heavy atom. The van der Waals surface area contributed by atoms with Gasteiger partial charge in [0, 0.05) is 6.42 Å². The second kappa shape index (κ2) is 17.9. The molecule has 4 aliphatic rings. The lowest BCUT2D eigenvalue weighted by Crippen LogP contribution is -2.67. The second-order valence-corrected chi connectivity index (χ2v) is 17.9. The van der Waals surface area contributed by atoms with Gasteiger partial charge in [-0.25, -0.2) is 16.0 Å². The molecule has 3 amide bonds. The minimum absolute atomic E-state index is 0.0840. The van der Waals surface area contributed by atoms with Gasteiger partial charge in [0.2, 0.25) is 11.8 Å². The van der Waals surface area contributed by atoms with E-state index in [0.29, 0.717) is 81.2 Å². The van der Waals surface area contributed by atoms with Gasteiger partial charge in [0.05, 0.1) is 0 Å². The van der Waals surface area contributed by atoms with Gasteiger partial charge in [-0.3, -0.25) is 14.4 Å². The summed E-state index contributed by atoms with van der Waals surface area (Å²) in [6.07, 6.45) is 16.9. The summed E-state index contributed by atoms with van der Waals surface area (Å²) in [5, 5.41) is 13.2. The highest BCUT2D eigenvalue weighted by molar-refractivity contribution is 5.87. The molecule has 11 N–H and O–H groups in total. The van der Waals surface area contributed by atoms with Crippen LogP contribution in [0.3, 0.4) is 0 Å². The number of unbranched alkanes of at least 4 members (excludes halogenated alkanes) is 2. The molecule has 4 aliphatic carbocycles. The fourth-order valence-electron chi connectivity index (χ4n) is 11.1. The molecule has 11 nitrogen and oxygen atoms in total. The van der Waals surface area contributed by atoms with E-state index in [1.807, 2.05) is 0 Å². The average molecular weight is 716 g/mol. The number of nitrogens with zero attached hydrogens (tertiary/aromatic N) is 1. The number of allylic oxidation sites excluding steroid dienone is 1. The predicted octanol–water partition coefficient (Wildman–Crippen LogP) is 4.56. The van der Waals surface area contributed by atoms with Crippen molar-refractivity contribution in [3.05, 3.63) is 11.6 Å². The van der Waals surface area contributed by atoms with Gasteiger partial charge in [0.1, 0.15) is 17.7 Å². The molecule has 3 fully saturated rings. The molecular formula is C40H73N7O4. The number of fused-ring (bicyclic) bond motifs is 5. The van der Waals surface area contributed by atoms with Crippen LogP contribution in [0.15, 0.2) is 11.6 Å². The maximum Gasteiger partial charge on any atom is 0.283 e. The Balaban J connectivity index is 1.53. The largest absolute Gasteiger partial charge is 0.380 e. The van der Waals surface area contributed by atoms with Crippen molar-refractivity contribution in [3.8, 4) is 0 Å². The molecule has 0 aromatic rings. The van der Waals surface area contributed by atoms with E-state index in [1.165, 1.54) is 44.9 Å². The van der Waals surface area contributed by atoms with E-state index in [0.717, 1.165) is 34.9 Å². The van der Waals surface area contributed by atoms with Crippen LogP contribution in [0.25, 0.3) is 0 Å². The van der Waals surface area contributed by atoms with Gasteiger partial charge < -0.3 is 28.0 Å². The van der Waals surface area contributed by atoms with Crippen LogP contribution in [0.5, 0.6) is 0 Å². The lowest BCUT2D eigenvalue weighted by Gasteiger charge is -2.59. The molecule has 10 atom stereocenters. The van der Waals surface area contributed by atoms with Gasteiger partial charge in [0.15, 0.2) is 0 Å². The molecule has 0 aromatic heterocycles. The minimum atomic E-state index is -1.73. The van der Waals surface area contributed by atoms with Crippen LogP contribution in [-0.2, 0) is 14.4 Å². The highest BCUT2D eigenvalue weighted by Crippen LogP contribution is 2.67. The van der Waals surface area contributed by atoms with Crippen molar-refractivity contribution in [2.75, 3.05) is 13.1 Å². The third kappa shape index (κ3) is 9.37. The molecule has 0 saturated heterocycles. The van der Waals surface area contributed by atoms with Crippen LogP contribution in [0, 0.1) is 46.3 Å². The summed E-state index contributed by atoms with van der Waals surface area (Å²) in [4.78, 5) is 39.5. The fraction of sp³-hybridized carbons (Fsp3) is 0.875. The lowest BCUT2D eigenvalue weighted by molar-refractivity contribution is -0.167. The SMILES string of the molecule is CC(C)CCC[C@@H](C)[C@H]1CC[C@H]2[C@@H]3CC=C4C[C@@](O)(C(=O)N(N[C@@H](CCCCN)C(N)=O)N[C@@H](CCCCN)C(N)=O)CC[C@]4(C)[C@H]3CC[C@]12C. The number of carbonyl (C=O) groups is 3. The van der Waals surface area contributed by atoms with Gasteiger partial charge in [-0.05, 0) is 130 Å². The van der Waals surface area contributed by atoms with Crippen molar-refractivity contribution in [2.45, 2.75) is 161 Å². The molecule has 4 rings (SSSR count). The number of primary amides is 2. The highest BCUT2D eigenvalue weighted by Gasteiger charge is 2.61. The molecule has 0 radical (unpaired) electrons. The third-order valence-electron chi connectivity index (χ3n) is 14.1. The summed E-state index contributed by atoms with van der Waals surface area (Å²) in [5.74, 6) is 2.26. The van der Waals surface area contributed by atoms with E-state index in [9.17, 15) is 19.5 Å². The Labute approximate surface area is 308 Å². The summed E-state index contributed by atoms with van der Waals surface area (Å²) in [6, 6.07) is -1.83. The van der Waals surface area contributed by atoms with Crippen molar-refractivity contribution in [1.82, 2.24) is 16.0 Å². The predicted molar refractivity (Wildman–Crippen MR) is 203 cm³/mol. The zero-order chi connectivity index (χ0) is 37.6. The zero-order valence-corrected chi connectivity index (χ0v) is 32.6. The molecule has 0 aliphatic heterocycles. The number of hydrogen-bond acceptors (Lipinski definition) is 8. The first-order valence-electron chi connectivity index (χ1n) is 20.4. The van der Waals surface area contributed by atoms with Crippen molar-refractivity contribution >= 4 is 17.7 Å². The van der Waals surface area contributed by atoms with Gasteiger partial charge in [-0.2, -0.15) is 0 Å². The highest BCUT2D eigenvalue weighted by atomic mass is 16.3. The minimum Gasteiger partial charge on any atom is -0.380 e. The van der Waals surface area contributed by atoms with Crippen molar-refractivity contribution in [3.63, 3.8) is 0 Å². The Morgan fingerprint density at radius 2 is 1.43 bits per heavy atom. The maximum atomic E-state index is 14.4. The van der Waals surface area contributed by atoms with Crippen LogP contribution >= 0.6 is 0 Å². The number of nitrogens with one attached hydrogen (secondary N) is 2. The Morgan fingerprint density at radius 1 is 0.824 bits per heavy atom. The molecule has 292 valence electrons. The van der Waals surface area contributed by atoms with Crippen molar-refractivity contribution in [1.29, 1.82) is 0 Å². The first-order chi connectivity index (χ1) is 24.1. The molecule has 0 spiro atoms. The van der Waals surface area contributed by atoms with Crippen LogP contribution in [-0.4, -0.2) is 58.7 Å². The summed E-state index contributed by atoms with van der Waals surface area (Å²) in [5.41, 5.74) is 28.5. The van der Waals surface area contributed by atoms with E-state index in [2.05, 4.69) is 51.5 Å². The Bertz CT molecular complexity index is 1200. The summed E-state index contributed by atoms with van der Waals surface area (Å²) in [6.45, 7) is 13.1. The smallest absolute Gasteiger partial charge is 0.283 e. The van der Waals surface area contributed by atoms with Crippen molar-refractivity contribution in [2.24, 2.45) is 69.3 Å². The monoisotopic (exact) mass is 716 g/mol. The van der Waals surface area contributed by atoms with Gasteiger partial charge in [-0.15, -0.1) is 0 Å². The first-order valence-corrected chi connectivity index (χ1v) is 20.4. The molecule has 0 aromatic carbocycles. The number of rotatable bonds is 20. The zero-order valence-electron chi connectivity index (χ0n) is 32.6. The molecule has 0 heterocycles. The molecule has 11 heteroatoms. The number of hydrogen-bond donors (Lipinski definition) is 7. The molecule has 0 unspecified atom stereocenters. The number of hydrazine groups is 2. The van der Waals surface area contributed by atoms with Crippen molar-refractivity contribution < 1.29 is 19.5 Å². The number of nitrogens with two attached hydrogens (primary N) is 4. The van der Waals surface area contributed by atoms with Crippen LogP contribution in [0.2, 0.25) is 0 Å². The first kappa shape index (κ1) is 41.7. The topological polar surface area (TPSA) is 203 Å². The Hall–Kier alpha value is -2.05. The molecule has 3 saturated carbocycles. The lowest BCUT2D eigenvalue weighted by atomic mass is 9.46. The maximum absolute atomic E-state index is 14.4. The van der Waals surface area contributed by atoms with Crippen LogP contribution in [0.1, 0.15) is 144 Å². The van der Waals surface area contributed by atoms with Gasteiger partial charge in [0.25, 0.3) is 5.91 Å². The second-order valence-electron chi connectivity index (χ2n) is 17.9. The molecular weight excluding hydrogens is 642 g/mol. The van der Waals surface area contributed by atoms with E-state index in [1.54, 1.807) is 0 Å². The van der Waals surface area contributed by atoms with Gasteiger partial charge in [-0.1, -0.05) is 78.4 Å². The number of aliphatic hydroxyl groups is 1. The van der Waals surface area contributed by atoms with E-state index in [4.69, 9.17) is 22.9 Å². The summed E-state index contributed by atoms with van der Waals surface area (Å²) >= 11 is 0. The average Bonchev–Trinajstić information content (AvgIpc) is 3.43. The quantitative estimate of drug-likeness (QED) is 0.0540. The van der Waals surface area contributed by atoms with Crippen LogP contribution in [0.4, 0.5) is 0 Å². The summed E-state index contributed by atoms with van der Waals surface area (Å²) < 4.78 is 0. The van der Waals surface area contributed by atoms with E-state index >= 15 is 0 Å². The van der Waals surface area contributed by atoms with Gasteiger partial charge >= 0.3 is 0 Å². The van der Waals surface area contributed by atoms with E-state index < -0.39 is 35.4 Å². The number of amides is 3. The fourth-order valence-corrected chi connectivity index (χ4v) is 11.1. The Kier molecular flexibility index (Phi) is 14.6. The molecule has 51 heavy (non-hydrogen) atoms. The van der Waals surface area contributed by atoms with Crippen LogP contribution < -0.4 is 33.8 Å². The molecule has 0 bridgehead atoms.